The molecule has 3 nitrogen and oxygen atoms in total. The summed E-state index contributed by atoms with van der Waals surface area (Å²) < 4.78 is 72.8. The maximum Gasteiger partial charge on any atom is 0.485 e. The van der Waals surface area contributed by atoms with Crippen molar-refractivity contribution >= 4 is 21.0 Å². The van der Waals surface area contributed by atoms with Crippen LogP contribution in [0, 0.1) is 5.82 Å². The molecule has 0 unspecified atom stereocenters. The van der Waals surface area contributed by atoms with E-state index in [4.69, 9.17) is 13.0 Å². The highest BCUT2D eigenvalue weighted by Gasteiger charge is 2.36. The largest absolute Gasteiger partial charge is 0.741 e. The second kappa shape index (κ2) is 8.00. The summed E-state index contributed by atoms with van der Waals surface area (Å²) in [5.74, 6) is -0.134. The van der Waals surface area contributed by atoms with Gasteiger partial charge >= 0.3 is 5.51 Å². The van der Waals surface area contributed by atoms with Crippen LogP contribution < -0.4 is 0 Å². The van der Waals surface area contributed by atoms with E-state index in [0.29, 0.717) is 5.56 Å². The topological polar surface area (TPSA) is 57.2 Å². The van der Waals surface area contributed by atoms with E-state index in [9.17, 15) is 17.6 Å². The predicted molar refractivity (Wildman–Crippen MR) is 85.1 cm³/mol. The molecule has 0 fully saturated rings. The van der Waals surface area contributed by atoms with Gasteiger partial charge in [0.05, 0.1) is 0 Å². The molecule has 0 saturated carbocycles. The molecule has 0 N–H and O–H groups in total. The Balaban J connectivity index is 0.000000307. The summed E-state index contributed by atoms with van der Waals surface area (Å²) in [6.45, 7) is 0. The zero-order valence-corrected chi connectivity index (χ0v) is 14.3. The van der Waals surface area contributed by atoms with Gasteiger partial charge in [-0.2, -0.15) is 13.2 Å². The van der Waals surface area contributed by atoms with Gasteiger partial charge in [-0.25, -0.2) is 12.8 Å². The first-order valence-electron chi connectivity index (χ1n) is 6.38. The van der Waals surface area contributed by atoms with Crippen molar-refractivity contribution in [3.05, 3.63) is 54.3 Å². The highest BCUT2D eigenvalue weighted by molar-refractivity contribution is 7.95. The molecule has 0 aliphatic heterocycles. The van der Waals surface area contributed by atoms with Gasteiger partial charge in [0.1, 0.15) is 18.3 Å². The number of hydrogen-bond donors (Lipinski definition) is 0. The zero-order chi connectivity index (χ0) is 18.5. The Hall–Kier alpha value is -1.58. The van der Waals surface area contributed by atoms with E-state index < -0.39 is 15.6 Å². The van der Waals surface area contributed by atoms with Gasteiger partial charge < -0.3 is 4.55 Å². The Kier molecular flexibility index (Phi) is 6.82. The molecule has 0 aliphatic rings. The first-order chi connectivity index (χ1) is 10.9. The van der Waals surface area contributed by atoms with Crippen molar-refractivity contribution in [2.75, 3.05) is 12.5 Å². The lowest BCUT2D eigenvalue weighted by Gasteiger charge is -2.08. The minimum Gasteiger partial charge on any atom is -0.741 e. The number of alkyl halides is 3. The van der Waals surface area contributed by atoms with Crippen molar-refractivity contribution in [2.24, 2.45) is 0 Å². The third kappa shape index (κ3) is 5.81. The van der Waals surface area contributed by atoms with Crippen LogP contribution in [-0.4, -0.2) is 31.0 Å². The summed E-state index contributed by atoms with van der Waals surface area (Å²) >= 11 is 0. The van der Waals surface area contributed by atoms with Crippen molar-refractivity contribution < 1.29 is 30.5 Å². The molecule has 2 rings (SSSR count). The molecule has 0 amide bonds. The van der Waals surface area contributed by atoms with Crippen LogP contribution in [0.4, 0.5) is 17.6 Å². The third-order valence-electron chi connectivity index (χ3n) is 2.78. The maximum atomic E-state index is 13.9. The maximum absolute atomic E-state index is 13.9. The predicted octanol–water partition coefficient (Wildman–Crippen LogP) is 3.78. The lowest BCUT2D eigenvalue weighted by Crippen LogP contribution is -2.21. The van der Waals surface area contributed by atoms with Crippen LogP contribution in [-0.2, 0) is 21.0 Å². The number of benzene rings is 2. The minimum absolute atomic E-state index is 0.106. The quantitative estimate of drug-likeness (QED) is 0.344. The lowest BCUT2D eigenvalue weighted by atomic mass is 10.1. The van der Waals surface area contributed by atoms with Gasteiger partial charge in [-0.3, -0.25) is 0 Å². The Morgan fingerprint density at radius 2 is 1.50 bits per heavy atom. The van der Waals surface area contributed by atoms with Crippen molar-refractivity contribution in [1.29, 1.82) is 0 Å². The van der Waals surface area contributed by atoms with Crippen molar-refractivity contribution in [3.8, 4) is 11.1 Å². The Bertz CT molecular complexity index is 773. The van der Waals surface area contributed by atoms with Crippen LogP contribution in [0.5, 0.6) is 0 Å². The molecule has 0 aliphatic carbocycles. The van der Waals surface area contributed by atoms with Gasteiger partial charge in [0.15, 0.2) is 15.0 Å². The highest BCUT2D eigenvalue weighted by atomic mass is 32.2. The first kappa shape index (κ1) is 20.5. The number of rotatable bonds is 2. The van der Waals surface area contributed by atoms with E-state index in [2.05, 4.69) is 12.5 Å². The fourth-order valence-electron chi connectivity index (χ4n) is 1.60. The van der Waals surface area contributed by atoms with Gasteiger partial charge in [-0.05, 0) is 17.7 Å². The van der Waals surface area contributed by atoms with E-state index in [1.807, 2.05) is 42.5 Å². The molecule has 0 heterocycles. The molecule has 0 saturated heterocycles. The fraction of sp³-hybridized carbons (Fsp3) is 0.200. The molecule has 0 bridgehead atoms. The lowest BCUT2D eigenvalue weighted by molar-refractivity contribution is -0.0517. The average Bonchev–Trinajstić information content (AvgIpc) is 2.46. The summed E-state index contributed by atoms with van der Waals surface area (Å²) in [5, 5.41) is 0. The molecule has 0 aromatic heterocycles. The third-order valence-corrected chi connectivity index (χ3v) is 4.54. The Morgan fingerprint density at radius 3 is 1.88 bits per heavy atom. The minimum atomic E-state index is -6.09. The van der Waals surface area contributed by atoms with Gasteiger partial charge in [0.25, 0.3) is 0 Å². The Morgan fingerprint density at radius 1 is 1.00 bits per heavy atom. The van der Waals surface area contributed by atoms with Gasteiger partial charge in [-0.1, -0.05) is 30.3 Å². The summed E-state index contributed by atoms with van der Waals surface area (Å²) in [6.07, 6.45) is 4.19. The smallest absolute Gasteiger partial charge is 0.485 e. The van der Waals surface area contributed by atoms with Crippen LogP contribution in [0.15, 0.2) is 53.4 Å². The standard InChI is InChI=1S/C14H14FS.CHF3O3S/c1-16(2)12-8-9-13(14(15)10-12)11-6-4-3-5-7-11;2-1(3,4)8(5,6)7/h3-10H,1-2H3;(H,5,6,7)/q+1;/p-1. The molecular weight excluding hydrogens is 368 g/mol. The average molecular weight is 382 g/mol. The molecule has 0 atom stereocenters. The fourth-order valence-corrected chi connectivity index (χ4v) is 2.28. The monoisotopic (exact) mass is 382 g/mol. The molecule has 9 heteroatoms. The number of halogens is 4. The van der Waals surface area contributed by atoms with E-state index in [1.165, 1.54) is 0 Å². The van der Waals surface area contributed by atoms with Crippen LogP contribution >= 0.6 is 0 Å². The van der Waals surface area contributed by atoms with E-state index in [-0.39, 0.29) is 16.7 Å². The highest BCUT2D eigenvalue weighted by Crippen LogP contribution is 2.24. The van der Waals surface area contributed by atoms with Crippen LogP contribution in [0.2, 0.25) is 0 Å². The van der Waals surface area contributed by atoms with Gasteiger partial charge in [0, 0.05) is 22.5 Å². The first-order valence-corrected chi connectivity index (χ1v) is 9.83. The van der Waals surface area contributed by atoms with E-state index >= 15 is 0 Å². The molecule has 2 aromatic carbocycles. The SMILES string of the molecule is C[S+](C)c1ccc(-c2ccccc2)c(F)c1.O=S(=O)([O-])C(F)(F)F. The second-order valence-corrected chi connectivity index (χ2v) is 8.20. The molecule has 0 spiro atoms. The second-order valence-electron chi connectivity index (χ2n) is 4.72. The normalized spacial score (nSPS) is 11.8. The van der Waals surface area contributed by atoms with Crippen LogP contribution in [0.1, 0.15) is 0 Å². The zero-order valence-electron chi connectivity index (χ0n) is 12.7. The summed E-state index contributed by atoms with van der Waals surface area (Å²) in [4.78, 5) is 1.07. The van der Waals surface area contributed by atoms with Crippen molar-refractivity contribution in [3.63, 3.8) is 0 Å². The molecule has 24 heavy (non-hydrogen) atoms. The molecule has 2 aromatic rings. The Labute approximate surface area is 140 Å². The van der Waals surface area contributed by atoms with Crippen molar-refractivity contribution in [2.45, 2.75) is 10.4 Å². The summed E-state index contributed by atoms with van der Waals surface area (Å²) in [6, 6.07) is 15.2. The van der Waals surface area contributed by atoms with Gasteiger partial charge in [-0.15, -0.1) is 0 Å². The molecule has 0 radical (unpaired) electrons. The van der Waals surface area contributed by atoms with Crippen LogP contribution in [0.3, 0.4) is 0 Å². The summed E-state index contributed by atoms with van der Waals surface area (Å²) in [7, 11) is -5.98. The molecule has 132 valence electrons. The van der Waals surface area contributed by atoms with Crippen molar-refractivity contribution in [1.82, 2.24) is 0 Å². The van der Waals surface area contributed by atoms with E-state index in [1.54, 1.807) is 6.07 Å². The molecular formula is C15H14F4O3S2. The summed E-state index contributed by atoms with van der Waals surface area (Å²) in [5.41, 5.74) is -4.04. The van der Waals surface area contributed by atoms with E-state index in [0.717, 1.165) is 10.5 Å². The van der Waals surface area contributed by atoms with Gasteiger partial charge in [0.2, 0.25) is 0 Å². The number of hydrogen-bond acceptors (Lipinski definition) is 3. The van der Waals surface area contributed by atoms with Crippen LogP contribution in [0.25, 0.3) is 11.1 Å².